The van der Waals surface area contributed by atoms with Crippen LogP contribution in [0, 0.1) is 0 Å². The third-order valence-electron chi connectivity index (χ3n) is 4.39. The van der Waals surface area contributed by atoms with E-state index >= 15 is 0 Å². The molecular formula is C22H22N2O3. The highest BCUT2D eigenvalue weighted by Gasteiger charge is 2.16. The van der Waals surface area contributed by atoms with E-state index in [-0.39, 0.29) is 11.2 Å². The molecule has 138 valence electrons. The molecule has 0 aromatic heterocycles. The van der Waals surface area contributed by atoms with Crippen LogP contribution in [0.3, 0.4) is 0 Å². The Kier molecular flexibility index (Phi) is 4.86. The molecule has 0 saturated carbocycles. The molecule has 0 bridgehead atoms. The summed E-state index contributed by atoms with van der Waals surface area (Å²) in [7, 11) is 0. The van der Waals surface area contributed by atoms with Crippen LogP contribution in [0.2, 0.25) is 0 Å². The zero-order valence-corrected chi connectivity index (χ0v) is 15.5. The lowest BCUT2D eigenvalue weighted by Gasteiger charge is -2.19. The molecule has 5 nitrogen and oxygen atoms in total. The average Bonchev–Trinajstić information content (AvgIpc) is 2.63. The first-order chi connectivity index (χ1) is 12.8. The first-order valence-electron chi connectivity index (χ1n) is 8.69. The van der Waals surface area contributed by atoms with Gasteiger partial charge in [-0.05, 0) is 35.2 Å². The summed E-state index contributed by atoms with van der Waals surface area (Å²) >= 11 is 0. The number of anilines is 1. The van der Waals surface area contributed by atoms with Crippen LogP contribution in [-0.4, -0.2) is 17.0 Å². The summed E-state index contributed by atoms with van der Waals surface area (Å²) < 4.78 is 0. The van der Waals surface area contributed by atoms with Gasteiger partial charge < -0.3 is 10.4 Å². The van der Waals surface area contributed by atoms with Crippen molar-refractivity contribution >= 4 is 28.4 Å². The fourth-order valence-electron chi connectivity index (χ4n) is 2.84. The third kappa shape index (κ3) is 4.08. The molecule has 0 saturated heterocycles. The van der Waals surface area contributed by atoms with E-state index in [1.54, 1.807) is 36.4 Å². The van der Waals surface area contributed by atoms with Gasteiger partial charge in [0.25, 0.3) is 5.91 Å². The van der Waals surface area contributed by atoms with Gasteiger partial charge in [0.2, 0.25) is 0 Å². The van der Waals surface area contributed by atoms with Crippen LogP contribution in [0.4, 0.5) is 10.5 Å². The Morgan fingerprint density at radius 3 is 2.11 bits per heavy atom. The molecular weight excluding hydrogens is 340 g/mol. The van der Waals surface area contributed by atoms with Crippen LogP contribution in [-0.2, 0) is 5.41 Å². The smallest absolute Gasteiger partial charge is 0.326 e. The number of carbonyl (C=O) groups excluding carboxylic acids is 2. The number of hydrogen-bond donors (Lipinski definition) is 3. The van der Waals surface area contributed by atoms with Crippen LogP contribution in [0.1, 0.15) is 36.7 Å². The van der Waals surface area contributed by atoms with Crippen LogP contribution in [0.5, 0.6) is 5.75 Å². The number of urea groups is 1. The van der Waals surface area contributed by atoms with E-state index < -0.39 is 11.9 Å². The van der Waals surface area contributed by atoms with Crippen molar-refractivity contribution in [1.29, 1.82) is 0 Å². The van der Waals surface area contributed by atoms with Gasteiger partial charge in [0.05, 0.1) is 5.69 Å². The normalized spacial score (nSPS) is 11.2. The van der Waals surface area contributed by atoms with E-state index in [0.29, 0.717) is 22.0 Å². The molecule has 0 radical (unpaired) electrons. The molecule has 0 aliphatic carbocycles. The number of carbonyl (C=O) groups is 2. The second-order valence-corrected chi connectivity index (χ2v) is 7.41. The highest BCUT2D eigenvalue weighted by atomic mass is 16.3. The second kappa shape index (κ2) is 7.11. The van der Waals surface area contributed by atoms with E-state index in [4.69, 9.17) is 0 Å². The number of phenols is 1. The Morgan fingerprint density at radius 1 is 0.852 bits per heavy atom. The molecule has 3 amide bonds. The van der Waals surface area contributed by atoms with Crippen molar-refractivity contribution in [2.75, 3.05) is 5.32 Å². The summed E-state index contributed by atoms with van der Waals surface area (Å²) in [6.07, 6.45) is 0. The van der Waals surface area contributed by atoms with Crippen molar-refractivity contribution in [3.05, 3.63) is 71.8 Å². The number of amides is 3. The molecule has 5 heteroatoms. The molecule has 3 N–H and O–H groups in total. The Bertz CT molecular complexity index is 1000. The molecule has 0 aliphatic heterocycles. The predicted molar refractivity (Wildman–Crippen MR) is 107 cm³/mol. The molecule has 3 aromatic carbocycles. The van der Waals surface area contributed by atoms with Gasteiger partial charge in [0.1, 0.15) is 5.75 Å². The maximum atomic E-state index is 12.3. The van der Waals surface area contributed by atoms with Crippen molar-refractivity contribution < 1.29 is 14.7 Å². The van der Waals surface area contributed by atoms with Gasteiger partial charge in [-0.3, -0.25) is 10.1 Å². The van der Waals surface area contributed by atoms with Gasteiger partial charge in [-0.1, -0.05) is 57.2 Å². The fourth-order valence-corrected chi connectivity index (χ4v) is 2.84. The predicted octanol–water partition coefficient (Wildman–Crippen LogP) is 4.80. The van der Waals surface area contributed by atoms with E-state index in [2.05, 4.69) is 31.4 Å². The average molecular weight is 362 g/mol. The lowest BCUT2D eigenvalue weighted by molar-refractivity contribution is 0.0967. The number of imide groups is 1. The second-order valence-electron chi connectivity index (χ2n) is 7.41. The summed E-state index contributed by atoms with van der Waals surface area (Å²) in [4.78, 5) is 24.6. The van der Waals surface area contributed by atoms with Gasteiger partial charge in [0.15, 0.2) is 0 Å². The fraction of sp³-hybridized carbons (Fsp3) is 0.182. The number of fused-ring (bicyclic) bond motifs is 1. The van der Waals surface area contributed by atoms with Gasteiger partial charge in [-0.15, -0.1) is 0 Å². The minimum absolute atomic E-state index is 0.00763. The maximum absolute atomic E-state index is 12.3. The van der Waals surface area contributed by atoms with E-state index in [9.17, 15) is 14.7 Å². The van der Waals surface area contributed by atoms with Crippen LogP contribution in [0.25, 0.3) is 10.8 Å². The molecule has 3 aromatic rings. The molecule has 0 heterocycles. The van der Waals surface area contributed by atoms with Crippen molar-refractivity contribution in [2.24, 2.45) is 0 Å². The third-order valence-corrected chi connectivity index (χ3v) is 4.39. The molecule has 0 fully saturated rings. The number of aromatic hydroxyl groups is 1. The van der Waals surface area contributed by atoms with Crippen LogP contribution in [0.15, 0.2) is 60.7 Å². The van der Waals surface area contributed by atoms with E-state index in [1.807, 2.05) is 18.2 Å². The monoisotopic (exact) mass is 362 g/mol. The first kappa shape index (κ1) is 18.5. The first-order valence-corrected chi connectivity index (χ1v) is 8.69. The number of nitrogens with one attached hydrogen (secondary N) is 2. The largest absolute Gasteiger partial charge is 0.507 e. The zero-order valence-electron chi connectivity index (χ0n) is 15.5. The lowest BCUT2D eigenvalue weighted by atomic mass is 9.87. The summed E-state index contributed by atoms with van der Waals surface area (Å²) in [5, 5.41) is 16.2. The van der Waals surface area contributed by atoms with E-state index in [1.165, 1.54) is 6.07 Å². The molecule has 0 unspecified atom stereocenters. The highest BCUT2D eigenvalue weighted by Crippen LogP contribution is 2.30. The van der Waals surface area contributed by atoms with Crippen LogP contribution < -0.4 is 10.6 Å². The highest BCUT2D eigenvalue weighted by molar-refractivity contribution is 6.10. The van der Waals surface area contributed by atoms with Crippen LogP contribution >= 0.6 is 0 Å². The number of benzene rings is 3. The number of phenolic OH excluding ortho intramolecular Hbond substituents is 1. The van der Waals surface area contributed by atoms with Crippen molar-refractivity contribution in [3.63, 3.8) is 0 Å². The molecule has 0 atom stereocenters. The summed E-state index contributed by atoms with van der Waals surface area (Å²) in [5.41, 5.74) is 2.02. The lowest BCUT2D eigenvalue weighted by Crippen LogP contribution is -2.34. The number of rotatable bonds is 2. The van der Waals surface area contributed by atoms with Crippen molar-refractivity contribution in [2.45, 2.75) is 26.2 Å². The van der Waals surface area contributed by atoms with Crippen molar-refractivity contribution in [1.82, 2.24) is 5.32 Å². The minimum Gasteiger partial charge on any atom is -0.507 e. The Hall–Kier alpha value is -3.34. The Labute approximate surface area is 158 Å². The van der Waals surface area contributed by atoms with Gasteiger partial charge in [-0.25, -0.2) is 4.79 Å². The topological polar surface area (TPSA) is 78.4 Å². The molecule has 3 rings (SSSR count). The summed E-state index contributed by atoms with van der Waals surface area (Å²) in [6.45, 7) is 6.28. The Morgan fingerprint density at radius 2 is 1.48 bits per heavy atom. The minimum atomic E-state index is -0.629. The maximum Gasteiger partial charge on any atom is 0.326 e. The quantitative estimate of drug-likeness (QED) is 0.573. The van der Waals surface area contributed by atoms with Crippen molar-refractivity contribution in [3.8, 4) is 5.75 Å². The molecule has 27 heavy (non-hydrogen) atoms. The SMILES string of the molecule is CC(C)(C)c1ccc(C(=O)NC(=O)Nc2ccc(O)c3ccccc23)cc1. The van der Waals surface area contributed by atoms with Gasteiger partial charge in [-0.2, -0.15) is 0 Å². The standard InChI is InChI=1S/C22H22N2O3/c1-22(2,3)15-10-8-14(9-11-15)20(26)24-21(27)23-18-12-13-19(25)17-7-5-4-6-16(17)18/h4-13,25H,1-3H3,(H2,23,24,26,27). The molecule has 0 aliphatic rings. The molecule has 0 spiro atoms. The zero-order chi connectivity index (χ0) is 19.6. The Balaban J connectivity index is 1.73. The summed E-state index contributed by atoms with van der Waals surface area (Å²) in [5.74, 6) is -0.345. The number of hydrogen-bond acceptors (Lipinski definition) is 3. The van der Waals surface area contributed by atoms with Gasteiger partial charge >= 0.3 is 6.03 Å². The van der Waals surface area contributed by atoms with E-state index in [0.717, 1.165) is 5.56 Å². The van der Waals surface area contributed by atoms with Gasteiger partial charge in [0, 0.05) is 16.3 Å². The summed E-state index contributed by atoms with van der Waals surface area (Å²) in [6, 6.07) is 16.8.